The van der Waals surface area contributed by atoms with Crippen LogP contribution in [0.4, 0.5) is 0 Å². The first-order valence-corrected chi connectivity index (χ1v) is 8.77. The fourth-order valence-electron chi connectivity index (χ4n) is 3.56. The molecule has 2 heteroatoms. The van der Waals surface area contributed by atoms with Gasteiger partial charge in [0.2, 0.25) is 0 Å². The Labute approximate surface area is 130 Å². The van der Waals surface area contributed by atoms with Crippen molar-refractivity contribution >= 4 is 0 Å². The van der Waals surface area contributed by atoms with E-state index < -0.39 is 0 Å². The standard InChI is InChI=1S/C19H31NO/c1-3-18-12-11-17(16-19(18)21)10-6-4-7-13-20(2)14-8-5-9-15-20/h11-12,16H,3-10,13-15H2,1-2H3/p+1. The topological polar surface area (TPSA) is 20.2 Å². The number of unbranched alkanes of at least 4 members (excludes halogenated alkanes) is 2. The number of piperidine rings is 1. The Kier molecular flexibility index (Phi) is 6.10. The molecule has 21 heavy (non-hydrogen) atoms. The van der Waals surface area contributed by atoms with Crippen molar-refractivity contribution in [3.05, 3.63) is 29.3 Å². The molecule has 0 spiro atoms. The Balaban J connectivity index is 1.66. The van der Waals surface area contributed by atoms with Crippen LogP contribution < -0.4 is 0 Å². The van der Waals surface area contributed by atoms with Gasteiger partial charge >= 0.3 is 0 Å². The highest BCUT2D eigenvalue weighted by molar-refractivity contribution is 5.36. The largest absolute Gasteiger partial charge is 0.508 e. The van der Waals surface area contributed by atoms with Crippen molar-refractivity contribution < 1.29 is 9.59 Å². The summed E-state index contributed by atoms with van der Waals surface area (Å²) >= 11 is 0. The smallest absolute Gasteiger partial charge is 0.119 e. The zero-order valence-corrected chi connectivity index (χ0v) is 13.9. The second-order valence-corrected chi connectivity index (χ2v) is 6.98. The van der Waals surface area contributed by atoms with E-state index in [4.69, 9.17) is 0 Å². The molecule has 1 aromatic carbocycles. The third kappa shape index (κ3) is 5.03. The first-order chi connectivity index (χ1) is 10.1. The van der Waals surface area contributed by atoms with E-state index in [0.29, 0.717) is 5.75 Å². The molecule has 1 aromatic rings. The molecular weight excluding hydrogens is 258 g/mol. The third-order valence-electron chi connectivity index (χ3n) is 5.09. The van der Waals surface area contributed by atoms with E-state index in [9.17, 15) is 5.11 Å². The van der Waals surface area contributed by atoms with Gasteiger partial charge in [-0.2, -0.15) is 0 Å². The number of nitrogens with zero attached hydrogens (tertiary/aromatic N) is 1. The van der Waals surface area contributed by atoms with Gasteiger partial charge in [-0.3, -0.25) is 0 Å². The van der Waals surface area contributed by atoms with Crippen molar-refractivity contribution in [2.24, 2.45) is 0 Å². The molecule has 2 rings (SSSR count). The summed E-state index contributed by atoms with van der Waals surface area (Å²) in [6, 6.07) is 6.21. The first kappa shape index (κ1) is 16.4. The van der Waals surface area contributed by atoms with E-state index in [1.807, 2.05) is 6.07 Å². The molecule has 0 bridgehead atoms. The molecule has 118 valence electrons. The van der Waals surface area contributed by atoms with Crippen molar-refractivity contribution in [1.82, 2.24) is 0 Å². The number of phenolic OH excluding ortho intramolecular Hbond substituents is 1. The highest BCUT2D eigenvalue weighted by Gasteiger charge is 2.23. The molecule has 0 unspecified atom stereocenters. The fourth-order valence-corrected chi connectivity index (χ4v) is 3.56. The van der Waals surface area contributed by atoms with Crippen LogP contribution in [0.1, 0.15) is 56.6 Å². The Morgan fingerprint density at radius 2 is 1.81 bits per heavy atom. The molecule has 0 amide bonds. The van der Waals surface area contributed by atoms with Crippen molar-refractivity contribution in [2.75, 3.05) is 26.7 Å². The van der Waals surface area contributed by atoms with Crippen LogP contribution in [0.25, 0.3) is 0 Å². The van der Waals surface area contributed by atoms with Crippen LogP contribution in [0.15, 0.2) is 18.2 Å². The third-order valence-corrected chi connectivity index (χ3v) is 5.09. The summed E-state index contributed by atoms with van der Waals surface area (Å²) < 4.78 is 1.30. The molecule has 1 saturated heterocycles. The second-order valence-electron chi connectivity index (χ2n) is 6.98. The molecule has 0 saturated carbocycles. The number of hydrogen-bond acceptors (Lipinski definition) is 1. The van der Waals surface area contributed by atoms with Gasteiger partial charge in [0.1, 0.15) is 5.75 Å². The lowest BCUT2D eigenvalue weighted by Gasteiger charge is -2.37. The molecule has 1 heterocycles. The summed E-state index contributed by atoms with van der Waals surface area (Å²) in [5.41, 5.74) is 2.34. The number of rotatable bonds is 7. The average Bonchev–Trinajstić information content (AvgIpc) is 2.48. The predicted molar refractivity (Wildman–Crippen MR) is 89.7 cm³/mol. The van der Waals surface area contributed by atoms with Gasteiger partial charge in [-0.25, -0.2) is 0 Å². The van der Waals surface area contributed by atoms with E-state index in [-0.39, 0.29) is 0 Å². The van der Waals surface area contributed by atoms with E-state index >= 15 is 0 Å². The van der Waals surface area contributed by atoms with Gasteiger partial charge in [0.25, 0.3) is 0 Å². The molecule has 1 N–H and O–H groups in total. The van der Waals surface area contributed by atoms with Crippen LogP contribution in [-0.4, -0.2) is 36.3 Å². The molecule has 0 atom stereocenters. The van der Waals surface area contributed by atoms with Crippen LogP contribution in [0.3, 0.4) is 0 Å². The quantitative estimate of drug-likeness (QED) is 0.586. The van der Waals surface area contributed by atoms with Gasteiger partial charge in [0.15, 0.2) is 0 Å². The highest BCUT2D eigenvalue weighted by atomic mass is 16.3. The van der Waals surface area contributed by atoms with E-state index in [0.717, 1.165) is 18.4 Å². The highest BCUT2D eigenvalue weighted by Crippen LogP contribution is 2.21. The maximum Gasteiger partial charge on any atom is 0.119 e. The summed E-state index contributed by atoms with van der Waals surface area (Å²) in [5.74, 6) is 0.474. The SMILES string of the molecule is CCc1ccc(CCCCC[N+]2(C)CCCCC2)cc1O. The maximum atomic E-state index is 9.90. The Morgan fingerprint density at radius 3 is 2.48 bits per heavy atom. The molecule has 1 fully saturated rings. The summed E-state index contributed by atoms with van der Waals surface area (Å²) in [6.07, 6.45) is 10.2. The number of quaternary nitrogens is 1. The van der Waals surface area contributed by atoms with Gasteiger partial charge in [-0.05, 0) is 68.6 Å². The number of benzene rings is 1. The minimum Gasteiger partial charge on any atom is -0.508 e. The second kappa shape index (κ2) is 7.84. The van der Waals surface area contributed by atoms with Crippen molar-refractivity contribution in [2.45, 2.75) is 58.3 Å². The Morgan fingerprint density at radius 1 is 1.05 bits per heavy atom. The zero-order valence-electron chi connectivity index (χ0n) is 13.9. The van der Waals surface area contributed by atoms with Crippen molar-refractivity contribution in [3.63, 3.8) is 0 Å². The number of phenols is 1. The van der Waals surface area contributed by atoms with Crippen LogP contribution in [0.5, 0.6) is 5.75 Å². The monoisotopic (exact) mass is 290 g/mol. The average molecular weight is 290 g/mol. The van der Waals surface area contributed by atoms with E-state index in [1.165, 1.54) is 68.2 Å². The molecule has 0 aromatic heterocycles. The number of hydrogen-bond donors (Lipinski definition) is 1. The molecule has 1 aliphatic rings. The lowest BCUT2D eigenvalue weighted by Crippen LogP contribution is -2.48. The summed E-state index contributed by atoms with van der Waals surface area (Å²) in [7, 11) is 2.43. The molecular formula is C19H32NO+. The number of likely N-dealkylation sites (tertiary alicyclic amines) is 1. The molecule has 1 aliphatic heterocycles. The maximum absolute atomic E-state index is 9.90. The van der Waals surface area contributed by atoms with Gasteiger partial charge in [0, 0.05) is 0 Å². The first-order valence-electron chi connectivity index (χ1n) is 8.77. The lowest BCUT2D eigenvalue weighted by molar-refractivity contribution is -0.914. The number of aromatic hydroxyl groups is 1. The van der Waals surface area contributed by atoms with Gasteiger partial charge in [-0.1, -0.05) is 19.1 Å². The number of aryl methyl sites for hydroxylation is 2. The van der Waals surface area contributed by atoms with Crippen molar-refractivity contribution in [1.29, 1.82) is 0 Å². The van der Waals surface area contributed by atoms with Crippen LogP contribution in [0.2, 0.25) is 0 Å². The Bertz CT molecular complexity index is 435. The van der Waals surface area contributed by atoms with Gasteiger partial charge in [-0.15, -0.1) is 0 Å². The fraction of sp³-hybridized carbons (Fsp3) is 0.684. The molecule has 0 radical (unpaired) electrons. The van der Waals surface area contributed by atoms with Gasteiger partial charge in [0.05, 0.1) is 26.7 Å². The normalized spacial score (nSPS) is 17.8. The van der Waals surface area contributed by atoms with Gasteiger partial charge < -0.3 is 9.59 Å². The summed E-state index contributed by atoms with van der Waals surface area (Å²) in [6.45, 7) is 6.19. The summed E-state index contributed by atoms with van der Waals surface area (Å²) in [4.78, 5) is 0. The zero-order chi connectivity index (χ0) is 15.1. The predicted octanol–water partition coefficient (Wildman–Crippen LogP) is 4.30. The minimum atomic E-state index is 0.474. The molecule has 2 nitrogen and oxygen atoms in total. The Hall–Kier alpha value is -1.02. The lowest BCUT2D eigenvalue weighted by atomic mass is 10.0. The van der Waals surface area contributed by atoms with Crippen LogP contribution in [0, 0.1) is 0 Å². The van der Waals surface area contributed by atoms with Crippen molar-refractivity contribution in [3.8, 4) is 5.75 Å². The minimum absolute atomic E-state index is 0.474. The summed E-state index contributed by atoms with van der Waals surface area (Å²) in [5, 5.41) is 9.90. The molecule has 0 aliphatic carbocycles. The van der Waals surface area contributed by atoms with Crippen LogP contribution in [-0.2, 0) is 12.8 Å². The van der Waals surface area contributed by atoms with E-state index in [1.54, 1.807) is 0 Å². The van der Waals surface area contributed by atoms with Crippen LogP contribution >= 0.6 is 0 Å². The van der Waals surface area contributed by atoms with E-state index in [2.05, 4.69) is 26.1 Å².